The molecule has 1 atom stereocenters. The van der Waals surface area contributed by atoms with E-state index in [1.54, 1.807) is 6.92 Å². The molecule has 5 heteroatoms. The molecule has 0 amide bonds. The zero-order valence-corrected chi connectivity index (χ0v) is 11.1. The lowest BCUT2D eigenvalue weighted by atomic mass is 10.1. The van der Waals surface area contributed by atoms with Crippen molar-refractivity contribution < 1.29 is 4.42 Å². The molecular weight excluding hydrogens is 228 g/mol. The zero-order chi connectivity index (χ0) is 13.0. The molecule has 1 fully saturated rings. The van der Waals surface area contributed by atoms with Crippen molar-refractivity contribution in [3.05, 3.63) is 11.6 Å². The number of aryl methyl sites for hydroxylation is 1. The molecule has 1 aliphatic rings. The van der Waals surface area contributed by atoms with Crippen molar-refractivity contribution in [1.82, 2.24) is 9.88 Å². The summed E-state index contributed by atoms with van der Waals surface area (Å²) in [6, 6.07) is 2.49. The number of nitriles is 1. The van der Waals surface area contributed by atoms with E-state index in [0.29, 0.717) is 23.5 Å². The number of piperidine rings is 1. The maximum Gasteiger partial charge on any atom is 0.232 e. The molecule has 1 aliphatic heterocycles. The molecule has 2 rings (SSSR count). The number of hydrogen-bond acceptors (Lipinski definition) is 5. The molecule has 2 heterocycles. The summed E-state index contributed by atoms with van der Waals surface area (Å²) in [7, 11) is 0. The number of rotatable bonds is 4. The predicted octanol–water partition coefficient (Wildman–Crippen LogP) is 2.14. The van der Waals surface area contributed by atoms with Crippen LogP contribution in [0.1, 0.15) is 37.8 Å². The molecule has 18 heavy (non-hydrogen) atoms. The van der Waals surface area contributed by atoms with E-state index in [1.807, 2.05) is 6.07 Å². The van der Waals surface area contributed by atoms with Gasteiger partial charge in [-0.25, -0.2) is 4.98 Å². The van der Waals surface area contributed by atoms with E-state index < -0.39 is 0 Å². The molecule has 0 bridgehead atoms. The van der Waals surface area contributed by atoms with Gasteiger partial charge in [-0.15, -0.1) is 0 Å². The number of aromatic nitrogens is 1. The van der Waals surface area contributed by atoms with E-state index in [-0.39, 0.29) is 0 Å². The van der Waals surface area contributed by atoms with Gasteiger partial charge in [0.15, 0.2) is 5.89 Å². The second kappa shape index (κ2) is 5.87. The average molecular weight is 248 g/mol. The molecule has 5 nitrogen and oxygen atoms in total. The number of nitrogens with one attached hydrogen (secondary N) is 1. The van der Waals surface area contributed by atoms with Gasteiger partial charge in [-0.05, 0) is 32.9 Å². The highest BCUT2D eigenvalue weighted by Crippen LogP contribution is 2.17. The Morgan fingerprint density at radius 3 is 2.83 bits per heavy atom. The number of anilines is 1. The summed E-state index contributed by atoms with van der Waals surface area (Å²) < 4.78 is 5.38. The highest BCUT2D eigenvalue weighted by molar-refractivity contribution is 5.45. The van der Waals surface area contributed by atoms with Crippen LogP contribution >= 0.6 is 0 Å². The van der Waals surface area contributed by atoms with Gasteiger partial charge in [0.1, 0.15) is 6.07 Å². The van der Waals surface area contributed by atoms with Crippen LogP contribution in [-0.2, 0) is 0 Å². The number of hydrogen-bond donors (Lipinski definition) is 1. The molecule has 0 spiro atoms. The molecule has 0 saturated carbocycles. The van der Waals surface area contributed by atoms with Gasteiger partial charge in [-0.2, -0.15) is 5.26 Å². The fraction of sp³-hybridized carbons (Fsp3) is 0.692. The van der Waals surface area contributed by atoms with Crippen LogP contribution in [0.4, 0.5) is 5.88 Å². The predicted molar refractivity (Wildman–Crippen MR) is 69.3 cm³/mol. The molecule has 0 radical (unpaired) electrons. The van der Waals surface area contributed by atoms with Gasteiger partial charge >= 0.3 is 0 Å². The van der Waals surface area contributed by atoms with Crippen molar-refractivity contribution in [2.45, 2.75) is 39.2 Å². The van der Waals surface area contributed by atoms with Crippen LogP contribution in [0.5, 0.6) is 0 Å². The average Bonchev–Trinajstić information content (AvgIpc) is 2.77. The fourth-order valence-corrected chi connectivity index (χ4v) is 2.35. The van der Waals surface area contributed by atoms with Gasteiger partial charge in [0.25, 0.3) is 0 Å². The summed E-state index contributed by atoms with van der Waals surface area (Å²) in [4.78, 5) is 6.49. The Morgan fingerprint density at radius 1 is 1.44 bits per heavy atom. The highest BCUT2D eigenvalue weighted by Gasteiger charge is 2.18. The van der Waals surface area contributed by atoms with Crippen LogP contribution < -0.4 is 5.32 Å². The summed E-state index contributed by atoms with van der Waals surface area (Å²) in [5, 5.41) is 12.1. The third-order valence-corrected chi connectivity index (χ3v) is 3.41. The first-order valence-corrected chi connectivity index (χ1v) is 6.56. The van der Waals surface area contributed by atoms with E-state index in [4.69, 9.17) is 9.68 Å². The van der Waals surface area contributed by atoms with Crippen molar-refractivity contribution in [3.63, 3.8) is 0 Å². The zero-order valence-electron chi connectivity index (χ0n) is 11.1. The van der Waals surface area contributed by atoms with Crippen LogP contribution in [0.25, 0.3) is 0 Å². The third-order valence-electron chi connectivity index (χ3n) is 3.41. The molecule has 0 aromatic carbocycles. The molecule has 1 aromatic rings. The van der Waals surface area contributed by atoms with E-state index in [9.17, 15) is 0 Å². The topological polar surface area (TPSA) is 65.1 Å². The maximum absolute atomic E-state index is 8.92. The fourth-order valence-electron chi connectivity index (χ4n) is 2.35. The quantitative estimate of drug-likeness (QED) is 0.884. The largest absolute Gasteiger partial charge is 0.424 e. The van der Waals surface area contributed by atoms with Gasteiger partial charge < -0.3 is 9.73 Å². The minimum absolute atomic E-state index is 0.346. The van der Waals surface area contributed by atoms with Crippen molar-refractivity contribution in [1.29, 1.82) is 5.26 Å². The Morgan fingerprint density at radius 2 is 2.17 bits per heavy atom. The number of oxazole rings is 1. The van der Waals surface area contributed by atoms with Crippen LogP contribution in [-0.4, -0.2) is 35.6 Å². The number of nitrogens with zero attached hydrogens (tertiary/aromatic N) is 3. The van der Waals surface area contributed by atoms with Crippen molar-refractivity contribution >= 4 is 5.88 Å². The first-order chi connectivity index (χ1) is 8.70. The lowest BCUT2D eigenvalue weighted by molar-refractivity contribution is 0.180. The molecule has 0 aliphatic carbocycles. The third kappa shape index (κ3) is 3.02. The Labute approximate surface area is 108 Å². The smallest absolute Gasteiger partial charge is 0.232 e. The summed E-state index contributed by atoms with van der Waals surface area (Å²) in [5.74, 6) is 1.03. The monoisotopic (exact) mass is 248 g/mol. The molecule has 1 N–H and O–H groups in total. The minimum Gasteiger partial charge on any atom is -0.424 e. The molecule has 98 valence electrons. The van der Waals surface area contributed by atoms with Crippen molar-refractivity contribution in [2.24, 2.45) is 0 Å². The van der Waals surface area contributed by atoms with E-state index in [0.717, 1.165) is 6.54 Å². The summed E-state index contributed by atoms with van der Waals surface area (Å²) >= 11 is 0. The molecule has 0 unspecified atom stereocenters. The Hall–Kier alpha value is -1.54. The Balaban J connectivity index is 1.88. The highest BCUT2D eigenvalue weighted by atomic mass is 16.4. The molecule has 1 saturated heterocycles. The first-order valence-electron chi connectivity index (χ1n) is 6.56. The Kier molecular flexibility index (Phi) is 4.21. The molecular formula is C13H20N4O. The standard InChI is InChI=1S/C13H20N4O/c1-10(17-6-4-3-5-7-17)9-15-13-12(8-14)16-11(2)18-13/h10,15H,3-7,9H2,1-2H3/t10-/m1/s1. The summed E-state index contributed by atoms with van der Waals surface area (Å²) in [6.45, 7) is 7.07. The summed E-state index contributed by atoms with van der Waals surface area (Å²) in [6.07, 6.45) is 3.92. The van der Waals surface area contributed by atoms with Gasteiger partial charge in [0, 0.05) is 19.5 Å². The van der Waals surface area contributed by atoms with E-state index in [2.05, 4.69) is 22.1 Å². The first kappa shape index (κ1) is 12.9. The maximum atomic E-state index is 8.92. The van der Waals surface area contributed by atoms with Gasteiger partial charge in [0.05, 0.1) is 0 Å². The SMILES string of the molecule is Cc1nc(C#N)c(NC[C@@H](C)N2CCCCC2)o1. The normalized spacial score (nSPS) is 18.3. The van der Waals surface area contributed by atoms with E-state index >= 15 is 0 Å². The lowest BCUT2D eigenvalue weighted by Gasteiger charge is -2.32. The van der Waals surface area contributed by atoms with E-state index in [1.165, 1.54) is 32.4 Å². The van der Waals surface area contributed by atoms with Crippen molar-refractivity contribution in [3.8, 4) is 6.07 Å². The van der Waals surface area contributed by atoms with Crippen LogP contribution in [0, 0.1) is 18.3 Å². The van der Waals surface area contributed by atoms with Crippen molar-refractivity contribution in [2.75, 3.05) is 25.0 Å². The molecule has 1 aromatic heterocycles. The van der Waals surface area contributed by atoms with Crippen LogP contribution in [0.2, 0.25) is 0 Å². The minimum atomic E-state index is 0.346. The Bertz CT molecular complexity index is 429. The second-order valence-electron chi connectivity index (χ2n) is 4.85. The second-order valence-corrected chi connectivity index (χ2v) is 4.85. The lowest BCUT2D eigenvalue weighted by Crippen LogP contribution is -2.41. The van der Waals surface area contributed by atoms with Crippen LogP contribution in [0.3, 0.4) is 0 Å². The van der Waals surface area contributed by atoms with Gasteiger partial charge in [-0.1, -0.05) is 6.42 Å². The van der Waals surface area contributed by atoms with Gasteiger partial charge in [-0.3, -0.25) is 4.90 Å². The van der Waals surface area contributed by atoms with Crippen LogP contribution in [0.15, 0.2) is 4.42 Å². The summed E-state index contributed by atoms with van der Waals surface area (Å²) in [5.41, 5.74) is 0.346. The number of likely N-dealkylation sites (tertiary alicyclic amines) is 1. The van der Waals surface area contributed by atoms with Gasteiger partial charge in [0.2, 0.25) is 11.6 Å².